The molecule has 0 unspecified atom stereocenters. The molecule has 5 nitrogen and oxygen atoms in total. The van der Waals surface area contributed by atoms with Crippen LogP contribution in [-0.2, 0) is 16.4 Å². The van der Waals surface area contributed by atoms with E-state index in [-0.39, 0.29) is 12.4 Å². The third-order valence-corrected chi connectivity index (χ3v) is 3.45. The molecular weight excluding hydrogens is 266 g/mol. The van der Waals surface area contributed by atoms with Crippen LogP contribution in [-0.4, -0.2) is 40.7 Å². The zero-order chi connectivity index (χ0) is 14.3. The molecule has 0 fully saturated rings. The minimum absolute atomic E-state index is 0.0136. The molecule has 0 aliphatic carbocycles. The zero-order valence-electron chi connectivity index (χ0n) is 11.6. The number of benzene rings is 1. The number of methoxy groups -OCH3 is 1. The highest BCUT2D eigenvalue weighted by atomic mass is 32.2. The van der Waals surface area contributed by atoms with Gasteiger partial charge in [0.15, 0.2) is 9.84 Å². The Morgan fingerprint density at radius 1 is 1.32 bits per heavy atom. The number of ether oxygens (including phenoxy) is 2. The van der Waals surface area contributed by atoms with Gasteiger partial charge in [0, 0.05) is 18.4 Å². The minimum Gasteiger partial charge on any atom is -0.497 e. The highest BCUT2D eigenvalue weighted by Gasteiger charge is 2.07. The molecule has 0 aromatic heterocycles. The van der Waals surface area contributed by atoms with Gasteiger partial charge in [-0.05, 0) is 24.7 Å². The first-order valence-electron chi connectivity index (χ1n) is 6.14. The molecule has 1 aromatic carbocycles. The predicted molar refractivity (Wildman–Crippen MR) is 75.6 cm³/mol. The van der Waals surface area contributed by atoms with Crippen LogP contribution >= 0.6 is 0 Å². The highest BCUT2D eigenvalue weighted by molar-refractivity contribution is 7.90. The van der Waals surface area contributed by atoms with Gasteiger partial charge in [0.2, 0.25) is 0 Å². The van der Waals surface area contributed by atoms with E-state index in [2.05, 4.69) is 5.32 Å². The van der Waals surface area contributed by atoms with Crippen molar-refractivity contribution in [2.24, 2.45) is 0 Å². The fourth-order valence-electron chi connectivity index (χ4n) is 1.52. The molecule has 0 saturated carbocycles. The summed E-state index contributed by atoms with van der Waals surface area (Å²) in [6, 6.07) is 5.48. The molecule has 6 heteroatoms. The van der Waals surface area contributed by atoms with E-state index in [1.54, 1.807) is 19.2 Å². The molecule has 19 heavy (non-hydrogen) atoms. The molecule has 0 saturated heterocycles. The molecular formula is C13H21NO4S. The smallest absolute Gasteiger partial charge is 0.150 e. The van der Waals surface area contributed by atoms with Crippen molar-refractivity contribution in [1.29, 1.82) is 0 Å². The van der Waals surface area contributed by atoms with Gasteiger partial charge in [-0.1, -0.05) is 6.92 Å². The van der Waals surface area contributed by atoms with Crippen LogP contribution in [0.25, 0.3) is 0 Å². The molecule has 0 heterocycles. The van der Waals surface area contributed by atoms with Gasteiger partial charge in [-0.2, -0.15) is 0 Å². The van der Waals surface area contributed by atoms with Gasteiger partial charge in [0.05, 0.1) is 12.9 Å². The van der Waals surface area contributed by atoms with Crippen LogP contribution in [0.15, 0.2) is 18.2 Å². The van der Waals surface area contributed by atoms with Crippen LogP contribution in [0.3, 0.4) is 0 Å². The van der Waals surface area contributed by atoms with Crippen LogP contribution in [0.4, 0.5) is 0 Å². The Balaban J connectivity index is 2.74. The highest BCUT2D eigenvalue weighted by Crippen LogP contribution is 2.24. The second kappa shape index (κ2) is 7.35. The monoisotopic (exact) mass is 287 g/mol. The molecule has 108 valence electrons. The van der Waals surface area contributed by atoms with Crippen LogP contribution in [0, 0.1) is 0 Å². The van der Waals surface area contributed by atoms with Gasteiger partial charge >= 0.3 is 0 Å². The third kappa shape index (κ3) is 5.94. The average molecular weight is 287 g/mol. The van der Waals surface area contributed by atoms with E-state index in [9.17, 15) is 8.42 Å². The topological polar surface area (TPSA) is 64.6 Å². The van der Waals surface area contributed by atoms with Gasteiger partial charge in [-0.15, -0.1) is 0 Å². The van der Waals surface area contributed by atoms with E-state index in [0.29, 0.717) is 12.3 Å². The van der Waals surface area contributed by atoms with Gasteiger partial charge in [-0.3, -0.25) is 0 Å². The van der Waals surface area contributed by atoms with Gasteiger partial charge in [0.25, 0.3) is 0 Å². The standard InChI is InChI=1S/C13H21NO4S/c1-4-14-10-11-9-12(17-2)5-6-13(11)18-7-8-19(3,15)16/h5-6,9,14H,4,7-8,10H2,1-3H3. The number of nitrogens with one attached hydrogen (secondary N) is 1. The Bertz CT molecular complexity index is 499. The lowest BCUT2D eigenvalue weighted by molar-refractivity contribution is 0.335. The van der Waals surface area contributed by atoms with E-state index in [1.165, 1.54) is 6.26 Å². The Morgan fingerprint density at radius 2 is 2.05 bits per heavy atom. The van der Waals surface area contributed by atoms with E-state index < -0.39 is 9.84 Å². The first-order chi connectivity index (χ1) is 8.96. The first kappa shape index (κ1) is 15.8. The van der Waals surface area contributed by atoms with Crippen LogP contribution in [0.1, 0.15) is 12.5 Å². The molecule has 0 atom stereocenters. The second-order valence-electron chi connectivity index (χ2n) is 4.23. The molecule has 0 spiro atoms. The maximum absolute atomic E-state index is 11.1. The summed E-state index contributed by atoms with van der Waals surface area (Å²) in [6.07, 6.45) is 1.20. The van der Waals surface area contributed by atoms with Crippen molar-refractivity contribution in [3.63, 3.8) is 0 Å². The number of hydrogen-bond donors (Lipinski definition) is 1. The molecule has 0 aliphatic heterocycles. The third-order valence-electron chi connectivity index (χ3n) is 2.54. The van der Waals surface area contributed by atoms with Crippen molar-refractivity contribution in [1.82, 2.24) is 5.32 Å². The van der Waals surface area contributed by atoms with Crippen molar-refractivity contribution in [2.45, 2.75) is 13.5 Å². The Morgan fingerprint density at radius 3 is 2.63 bits per heavy atom. The quantitative estimate of drug-likeness (QED) is 0.779. The fourth-order valence-corrected chi connectivity index (χ4v) is 1.91. The number of sulfone groups is 1. The fraction of sp³-hybridized carbons (Fsp3) is 0.538. The number of hydrogen-bond acceptors (Lipinski definition) is 5. The van der Waals surface area contributed by atoms with Crippen LogP contribution in [0.5, 0.6) is 11.5 Å². The van der Waals surface area contributed by atoms with Gasteiger partial charge in [-0.25, -0.2) is 8.42 Å². The average Bonchev–Trinajstić information content (AvgIpc) is 2.35. The summed E-state index contributed by atoms with van der Waals surface area (Å²) in [6.45, 7) is 3.68. The van der Waals surface area contributed by atoms with Crippen molar-refractivity contribution >= 4 is 9.84 Å². The predicted octanol–water partition coefficient (Wildman–Crippen LogP) is 1.23. The van der Waals surface area contributed by atoms with E-state index >= 15 is 0 Å². The maximum Gasteiger partial charge on any atom is 0.150 e. The summed E-state index contributed by atoms with van der Waals surface area (Å²) >= 11 is 0. The van der Waals surface area contributed by atoms with Gasteiger partial charge in [0.1, 0.15) is 18.1 Å². The Kier molecular flexibility index (Phi) is 6.11. The van der Waals surface area contributed by atoms with Crippen molar-refractivity contribution < 1.29 is 17.9 Å². The summed E-state index contributed by atoms with van der Waals surface area (Å²) < 4.78 is 32.8. The number of rotatable bonds is 8. The van der Waals surface area contributed by atoms with E-state index in [0.717, 1.165) is 17.9 Å². The molecule has 1 aromatic rings. The molecule has 0 radical (unpaired) electrons. The summed E-state index contributed by atoms with van der Waals surface area (Å²) in [5.41, 5.74) is 0.953. The van der Waals surface area contributed by atoms with Crippen LogP contribution < -0.4 is 14.8 Å². The van der Waals surface area contributed by atoms with E-state index in [4.69, 9.17) is 9.47 Å². The van der Waals surface area contributed by atoms with Gasteiger partial charge < -0.3 is 14.8 Å². The molecule has 0 amide bonds. The second-order valence-corrected chi connectivity index (χ2v) is 6.49. The van der Waals surface area contributed by atoms with Crippen molar-refractivity contribution in [2.75, 3.05) is 32.3 Å². The molecule has 1 N–H and O–H groups in total. The lowest BCUT2D eigenvalue weighted by Crippen LogP contribution is -2.15. The summed E-state index contributed by atoms with van der Waals surface area (Å²) in [5, 5.41) is 3.21. The normalized spacial score (nSPS) is 11.3. The Labute approximate surface area is 114 Å². The summed E-state index contributed by atoms with van der Waals surface area (Å²) in [5.74, 6) is 1.45. The van der Waals surface area contributed by atoms with Crippen molar-refractivity contribution in [3.8, 4) is 11.5 Å². The lowest BCUT2D eigenvalue weighted by Gasteiger charge is -2.13. The van der Waals surface area contributed by atoms with Crippen LogP contribution in [0.2, 0.25) is 0 Å². The lowest BCUT2D eigenvalue weighted by atomic mass is 10.2. The van der Waals surface area contributed by atoms with Crippen molar-refractivity contribution in [3.05, 3.63) is 23.8 Å². The van der Waals surface area contributed by atoms with E-state index in [1.807, 2.05) is 13.0 Å². The Hall–Kier alpha value is -1.27. The molecule has 0 aliphatic rings. The maximum atomic E-state index is 11.1. The largest absolute Gasteiger partial charge is 0.497 e. The minimum atomic E-state index is -3.00. The summed E-state index contributed by atoms with van der Waals surface area (Å²) in [4.78, 5) is 0. The molecule has 1 rings (SSSR count). The first-order valence-corrected chi connectivity index (χ1v) is 8.20. The molecule has 0 bridgehead atoms. The zero-order valence-corrected chi connectivity index (χ0v) is 12.4. The summed E-state index contributed by atoms with van der Waals surface area (Å²) in [7, 11) is -1.39. The SMILES string of the molecule is CCNCc1cc(OC)ccc1OCCS(C)(=O)=O.